The molecule has 102 valence electrons. The molecule has 3 heteroatoms. The van der Waals surface area contributed by atoms with Crippen LogP contribution in [0.15, 0.2) is 12.2 Å². The molecule has 4 aliphatic rings. The molecule has 0 spiro atoms. The van der Waals surface area contributed by atoms with Gasteiger partial charge in [0.1, 0.15) is 0 Å². The molecule has 0 aromatic heterocycles. The largest absolute Gasteiger partial charge is 0.396 e. The fourth-order valence-corrected chi connectivity index (χ4v) is 5.23. The summed E-state index contributed by atoms with van der Waals surface area (Å²) in [5.74, 6) is 0.516. The molecular formula is C15H24O3. The minimum atomic E-state index is -0.574. The van der Waals surface area contributed by atoms with Gasteiger partial charge in [-0.25, -0.2) is 0 Å². The molecule has 0 radical (unpaired) electrons. The van der Waals surface area contributed by atoms with E-state index in [1.807, 2.05) is 6.08 Å². The molecule has 0 heterocycles. The Hall–Kier alpha value is -0.380. The summed E-state index contributed by atoms with van der Waals surface area (Å²) in [6.45, 7) is 4.54. The van der Waals surface area contributed by atoms with E-state index < -0.39 is 11.5 Å². The number of aliphatic hydroxyl groups is 3. The fourth-order valence-electron chi connectivity index (χ4n) is 5.23. The van der Waals surface area contributed by atoms with Gasteiger partial charge in [0.15, 0.2) is 0 Å². The first-order valence-electron chi connectivity index (χ1n) is 6.99. The van der Waals surface area contributed by atoms with E-state index in [1.165, 1.54) is 0 Å². The van der Waals surface area contributed by atoms with Gasteiger partial charge in [0.05, 0.1) is 12.7 Å². The first kappa shape index (κ1) is 12.6. The molecule has 2 saturated carbocycles. The highest BCUT2D eigenvalue weighted by Crippen LogP contribution is 2.69. The molecule has 0 aromatic carbocycles. The topological polar surface area (TPSA) is 60.7 Å². The van der Waals surface area contributed by atoms with Gasteiger partial charge >= 0.3 is 0 Å². The van der Waals surface area contributed by atoms with Gasteiger partial charge < -0.3 is 15.3 Å². The molecule has 3 nitrogen and oxygen atoms in total. The van der Waals surface area contributed by atoms with Crippen LogP contribution in [0, 0.1) is 28.1 Å². The SMILES string of the molecule is C[C@]12C=C[C@@H](O)[C@]3(CO)[C@H](C1)C[C@](C)(CO)[C@@H]3C2. The van der Waals surface area contributed by atoms with Crippen molar-refractivity contribution in [3.63, 3.8) is 0 Å². The van der Waals surface area contributed by atoms with Crippen LogP contribution in [-0.4, -0.2) is 34.6 Å². The lowest BCUT2D eigenvalue weighted by Gasteiger charge is -2.50. The molecule has 4 aliphatic carbocycles. The highest BCUT2D eigenvalue weighted by atomic mass is 16.3. The van der Waals surface area contributed by atoms with Crippen molar-refractivity contribution < 1.29 is 15.3 Å². The van der Waals surface area contributed by atoms with E-state index in [-0.39, 0.29) is 30.0 Å². The van der Waals surface area contributed by atoms with Crippen LogP contribution in [-0.2, 0) is 0 Å². The summed E-state index contributed by atoms with van der Waals surface area (Å²) in [5.41, 5.74) is -0.458. The second-order valence-electron chi connectivity index (χ2n) is 7.40. The van der Waals surface area contributed by atoms with Crippen molar-refractivity contribution in [3.8, 4) is 0 Å². The van der Waals surface area contributed by atoms with E-state index in [0.717, 1.165) is 19.3 Å². The van der Waals surface area contributed by atoms with Crippen LogP contribution in [0.3, 0.4) is 0 Å². The average Bonchev–Trinajstić information content (AvgIpc) is 2.46. The third-order valence-corrected chi connectivity index (χ3v) is 6.21. The van der Waals surface area contributed by atoms with Gasteiger partial charge in [0, 0.05) is 12.0 Å². The molecular weight excluding hydrogens is 228 g/mol. The normalized spacial score (nSPS) is 57.9. The van der Waals surface area contributed by atoms with Gasteiger partial charge in [-0.05, 0) is 41.9 Å². The lowest BCUT2D eigenvalue weighted by molar-refractivity contribution is -0.101. The number of aliphatic hydroxyl groups excluding tert-OH is 3. The average molecular weight is 252 g/mol. The number of fused-ring (bicyclic) bond motifs is 1. The zero-order valence-corrected chi connectivity index (χ0v) is 11.3. The predicted octanol–water partition coefficient (Wildman–Crippen LogP) is 1.33. The van der Waals surface area contributed by atoms with Crippen molar-refractivity contribution in [1.82, 2.24) is 0 Å². The summed E-state index contributed by atoms with van der Waals surface area (Å²) >= 11 is 0. The molecule has 4 rings (SSSR count). The molecule has 4 bridgehead atoms. The highest BCUT2D eigenvalue weighted by Gasteiger charge is 2.67. The maximum absolute atomic E-state index is 10.5. The van der Waals surface area contributed by atoms with Crippen molar-refractivity contribution in [3.05, 3.63) is 12.2 Å². The van der Waals surface area contributed by atoms with Crippen molar-refractivity contribution in [1.29, 1.82) is 0 Å². The molecule has 0 unspecified atom stereocenters. The third kappa shape index (κ3) is 1.30. The van der Waals surface area contributed by atoms with Crippen LogP contribution < -0.4 is 0 Å². The summed E-state index contributed by atoms with van der Waals surface area (Å²) in [6, 6.07) is 0. The first-order chi connectivity index (χ1) is 8.40. The van der Waals surface area contributed by atoms with E-state index in [0.29, 0.717) is 5.92 Å². The summed E-state index contributed by atoms with van der Waals surface area (Å²) < 4.78 is 0. The van der Waals surface area contributed by atoms with Gasteiger partial charge in [0.2, 0.25) is 0 Å². The Morgan fingerprint density at radius 1 is 1.11 bits per heavy atom. The van der Waals surface area contributed by atoms with Crippen molar-refractivity contribution in [2.24, 2.45) is 28.1 Å². The van der Waals surface area contributed by atoms with Crippen LogP contribution in [0.4, 0.5) is 0 Å². The molecule has 2 fully saturated rings. The van der Waals surface area contributed by atoms with Crippen LogP contribution in [0.1, 0.15) is 33.1 Å². The summed E-state index contributed by atoms with van der Waals surface area (Å²) in [6.07, 6.45) is 6.37. The van der Waals surface area contributed by atoms with E-state index in [4.69, 9.17) is 0 Å². The Labute approximate surface area is 109 Å². The Bertz CT molecular complexity index is 393. The summed E-state index contributed by atoms with van der Waals surface area (Å²) in [5, 5.41) is 30.3. The quantitative estimate of drug-likeness (QED) is 0.650. The molecule has 0 saturated heterocycles. The number of allylic oxidation sites excluding steroid dienone is 1. The van der Waals surface area contributed by atoms with Crippen molar-refractivity contribution in [2.45, 2.75) is 39.2 Å². The predicted molar refractivity (Wildman–Crippen MR) is 68.8 cm³/mol. The number of hydrogen-bond acceptors (Lipinski definition) is 3. The second kappa shape index (κ2) is 3.59. The number of rotatable bonds is 2. The number of hydrogen-bond donors (Lipinski definition) is 3. The maximum atomic E-state index is 10.5. The van der Waals surface area contributed by atoms with Crippen LogP contribution in [0.2, 0.25) is 0 Å². The zero-order chi connectivity index (χ0) is 13.2. The van der Waals surface area contributed by atoms with Crippen LogP contribution in [0.25, 0.3) is 0 Å². The first-order valence-corrected chi connectivity index (χ1v) is 6.99. The minimum absolute atomic E-state index is 0.0273. The molecule has 0 amide bonds. The second-order valence-corrected chi connectivity index (χ2v) is 7.40. The third-order valence-electron chi connectivity index (χ3n) is 6.21. The molecule has 6 atom stereocenters. The Kier molecular flexibility index (Phi) is 2.52. The lowest BCUT2D eigenvalue weighted by Crippen LogP contribution is -2.51. The lowest BCUT2D eigenvalue weighted by atomic mass is 9.56. The van der Waals surface area contributed by atoms with Crippen LogP contribution >= 0.6 is 0 Å². The van der Waals surface area contributed by atoms with Gasteiger partial charge in [-0.1, -0.05) is 26.0 Å². The van der Waals surface area contributed by atoms with E-state index in [2.05, 4.69) is 19.9 Å². The summed E-state index contributed by atoms with van der Waals surface area (Å²) in [4.78, 5) is 0. The standard InChI is InChI=1S/C15H24O3/c1-13-4-3-12(18)15(9-17)10(5-13)6-14(2,8-16)11(15)7-13/h3-4,10-12,16-18H,5-9H2,1-2H3/t10-,11+,12-,13+,14-,15-/m1/s1. The summed E-state index contributed by atoms with van der Waals surface area (Å²) in [7, 11) is 0. The highest BCUT2D eigenvalue weighted by molar-refractivity contribution is 5.24. The van der Waals surface area contributed by atoms with Crippen LogP contribution in [0.5, 0.6) is 0 Å². The maximum Gasteiger partial charge on any atom is 0.0804 e. The zero-order valence-electron chi connectivity index (χ0n) is 11.3. The Morgan fingerprint density at radius 2 is 1.83 bits per heavy atom. The minimum Gasteiger partial charge on any atom is -0.396 e. The molecule has 0 aromatic rings. The van der Waals surface area contributed by atoms with Gasteiger partial charge in [-0.3, -0.25) is 0 Å². The monoisotopic (exact) mass is 252 g/mol. The fraction of sp³-hybridized carbons (Fsp3) is 0.867. The molecule has 18 heavy (non-hydrogen) atoms. The van der Waals surface area contributed by atoms with E-state index in [9.17, 15) is 15.3 Å². The molecule has 0 aliphatic heterocycles. The molecule has 3 N–H and O–H groups in total. The van der Waals surface area contributed by atoms with Gasteiger partial charge in [-0.2, -0.15) is 0 Å². The van der Waals surface area contributed by atoms with Gasteiger partial charge in [-0.15, -0.1) is 0 Å². The van der Waals surface area contributed by atoms with Gasteiger partial charge in [0.25, 0.3) is 0 Å². The smallest absolute Gasteiger partial charge is 0.0804 e. The Morgan fingerprint density at radius 3 is 2.44 bits per heavy atom. The van der Waals surface area contributed by atoms with Crippen molar-refractivity contribution >= 4 is 0 Å². The van der Waals surface area contributed by atoms with E-state index >= 15 is 0 Å². The Balaban J connectivity index is 2.14. The van der Waals surface area contributed by atoms with Crippen molar-refractivity contribution in [2.75, 3.05) is 13.2 Å². The van der Waals surface area contributed by atoms with E-state index in [1.54, 1.807) is 0 Å².